The second-order valence-corrected chi connectivity index (χ2v) is 7.67. The summed E-state index contributed by atoms with van der Waals surface area (Å²) < 4.78 is 34.6. The number of rotatable bonds is 6. The summed E-state index contributed by atoms with van der Waals surface area (Å²) in [5.41, 5.74) is 1.01. The molecule has 0 aliphatic carbocycles. The Morgan fingerprint density at radius 3 is 2.41 bits per heavy atom. The van der Waals surface area contributed by atoms with Crippen LogP contribution in [-0.2, 0) is 39.8 Å². The van der Waals surface area contributed by atoms with Gasteiger partial charge < -0.3 is 28.4 Å². The molecule has 0 amide bonds. The van der Waals surface area contributed by atoms with Crippen LogP contribution in [0, 0.1) is 0 Å². The van der Waals surface area contributed by atoms with Gasteiger partial charge in [0.1, 0.15) is 18.3 Å². The summed E-state index contributed by atoms with van der Waals surface area (Å²) in [5, 5.41) is 0. The van der Waals surface area contributed by atoms with Crippen LogP contribution >= 0.6 is 0 Å². The number of ether oxygens (including phenoxy) is 6. The first kappa shape index (κ1) is 20.2. The first-order valence-electron chi connectivity index (χ1n) is 9.11. The van der Waals surface area contributed by atoms with Gasteiger partial charge in [0.25, 0.3) is 0 Å². The van der Waals surface area contributed by atoms with E-state index in [1.807, 2.05) is 44.2 Å². The summed E-state index contributed by atoms with van der Waals surface area (Å²) in [7, 11) is 1.33. The maximum absolute atomic E-state index is 12.3. The van der Waals surface area contributed by atoms with E-state index < -0.39 is 42.0 Å². The molecule has 0 saturated carbocycles. The average Bonchev–Trinajstić information content (AvgIpc) is 3.14. The lowest BCUT2D eigenvalue weighted by Gasteiger charge is -2.30. The molecule has 150 valence electrons. The third-order valence-corrected chi connectivity index (χ3v) is 4.57. The van der Waals surface area contributed by atoms with Gasteiger partial charge in [0.05, 0.1) is 20.3 Å². The van der Waals surface area contributed by atoms with Crippen molar-refractivity contribution in [2.45, 2.75) is 70.3 Å². The highest BCUT2D eigenvalue weighted by atomic mass is 16.8. The Hall–Kier alpha value is -1.51. The fourth-order valence-corrected chi connectivity index (χ4v) is 3.39. The van der Waals surface area contributed by atoms with Crippen molar-refractivity contribution in [2.24, 2.45) is 0 Å². The standard InChI is InChI=1S/C20H28O7/c1-19(2)24-12-14(25-19)15(23-11-13-9-7-6-8-10-13)16-17(18(21)22-5)27-20(3,4)26-16/h6-10,14-17H,11-12H2,1-5H3/t14-,15-,16-,17-/m0/s1. The molecule has 7 nitrogen and oxygen atoms in total. The summed E-state index contributed by atoms with van der Waals surface area (Å²) in [5.74, 6) is -2.17. The summed E-state index contributed by atoms with van der Waals surface area (Å²) in [4.78, 5) is 12.3. The van der Waals surface area contributed by atoms with Gasteiger partial charge >= 0.3 is 5.97 Å². The van der Waals surface area contributed by atoms with Crippen LogP contribution in [0.25, 0.3) is 0 Å². The van der Waals surface area contributed by atoms with Crippen molar-refractivity contribution in [1.29, 1.82) is 0 Å². The number of esters is 1. The van der Waals surface area contributed by atoms with E-state index in [0.29, 0.717) is 13.2 Å². The lowest BCUT2D eigenvalue weighted by atomic mass is 10.0. The van der Waals surface area contributed by atoms with Crippen LogP contribution in [0.4, 0.5) is 0 Å². The predicted molar refractivity (Wildman–Crippen MR) is 95.8 cm³/mol. The second kappa shape index (κ2) is 7.85. The van der Waals surface area contributed by atoms with Gasteiger partial charge in [0.2, 0.25) is 0 Å². The Balaban J connectivity index is 1.82. The van der Waals surface area contributed by atoms with Crippen molar-refractivity contribution in [3.8, 4) is 0 Å². The van der Waals surface area contributed by atoms with Crippen LogP contribution in [0.5, 0.6) is 0 Å². The van der Waals surface area contributed by atoms with E-state index >= 15 is 0 Å². The average molecular weight is 380 g/mol. The van der Waals surface area contributed by atoms with Crippen LogP contribution < -0.4 is 0 Å². The molecular formula is C20H28O7. The van der Waals surface area contributed by atoms with E-state index in [1.165, 1.54) is 7.11 Å². The maximum atomic E-state index is 12.3. The lowest BCUT2D eigenvalue weighted by Crippen LogP contribution is -2.49. The molecule has 2 aliphatic rings. The molecule has 0 bridgehead atoms. The maximum Gasteiger partial charge on any atom is 0.337 e. The first-order chi connectivity index (χ1) is 12.7. The normalized spacial score (nSPS) is 30.2. The van der Waals surface area contributed by atoms with Crippen LogP contribution in [-0.4, -0.2) is 55.7 Å². The fraction of sp³-hybridized carbons (Fsp3) is 0.650. The molecule has 1 aromatic rings. The molecule has 0 aromatic heterocycles. The van der Waals surface area contributed by atoms with E-state index in [4.69, 9.17) is 28.4 Å². The van der Waals surface area contributed by atoms with E-state index in [2.05, 4.69) is 0 Å². The Labute approximate surface area is 159 Å². The lowest BCUT2D eigenvalue weighted by molar-refractivity contribution is -0.190. The molecule has 0 N–H and O–H groups in total. The number of methoxy groups -OCH3 is 1. The SMILES string of the molecule is COC(=O)[C@H]1OC(C)(C)O[C@H]1[C@@H](OCc1ccccc1)[C@@H]1COC(C)(C)O1. The fourth-order valence-electron chi connectivity index (χ4n) is 3.39. The smallest absolute Gasteiger partial charge is 0.337 e. The Kier molecular flexibility index (Phi) is 5.88. The summed E-state index contributed by atoms with van der Waals surface area (Å²) in [6.45, 7) is 7.88. The van der Waals surface area contributed by atoms with E-state index in [1.54, 1.807) is 13.8 Å². The largest absolute Gasteiger partial charge is 0.467 e. The molecule has 0 radical (unpaired) electrons. The monoisotopic (exact) mass is 380 g/mol. The van der Waals surface area contributed by atoms with Gasteiger partial charge in [-0.2, -0.15) is 0 Å². The van der Waals surface area contributed by atoms with Crippen molar-refractivity contribution in [3.63, 3.8) is 0 Å². The number of carbonyl (C=O) groups excluding carboxylic acids is 1. The number of hydrogen-bond acceptors (Lipinski definition) is 7. The quantitative estimate of drug-likeness (QED) is 0.702. The second-order valence-electron chi connectivity index (χ2n) is 7.67. The molecule has 3 rings (SSSR count). The van der Waals surface area contributed by atoms with Crippen LogP contribution in [0.3, 0.4) is 0 Å². The molecule has 1 aromatic carbocycles. The van der Waals surface area contributed by atoms with Gasteiger partial charge in [-0.1, -0.05) is 30.3 Å². The predicted octanol–water partition coefficient (Wildman–Crippen LogP) is 2.42. The van der Waals surface area contributed by atoms with Crippen LogP contribution in [0.2, 0.25) is 0 Å². The first-order valence-corrected chi connectivity index (χ1v) is 9.11. The molecule has 0 spiro atoms. The Bertz CT molecular complexity index is 643. The molecule has 2 saturated heterocycles. The zero-order chi connectivity index (χ0) is 19.7. The van der Waals surface area contributed by atoms with Crippen molar-refractivity contribution in [2.75, 3.05) is 13.7 Å². The molecular weight excluding hydrogens is 352 g/mol. The number of carbonyl (C=O) groups is 1. The molecule has 2 fully saturated rings. The van der Waals surface area contributed by atoms with Gasteiger partial charge in [-0.15, -0.1) is 0 Å². The third-order valence-electron chi connectivity index (χ3n) is 4.57. The third kappa shape index (κ3) is 4.86. The molecule has 0 unspecified atom stereocenters. The van der Waals surface area contributed by atoms with Crippen molar-refractivity contribution in [1.82, 2.24) is 0 Å². The number of benzene rings is 1. The molecule has 27 heavy (non-hydrogen) atoms. The summed E-state index contributed by atoms with van der Waals surface area (Å²) in [6, 6.07) is 9.78. The van der Waals surface area contributed by atoms with Gasteiger partial charge in [0, 0.05) is 0 Å². The van der Waals surface area contributed by atoms with E-state index in [9.17, 15) is 4.79 Å². The highest BCUT2D eigenvalue weighted by Gasteiger charge is 2.53. The van der Waals surface area contributed by atoms with Crippen molar-refractivity contribution >= 4 is 5.97 Å². The van der Waals surface area contributed by atoms with Crippen molar-refractivity contribution < 1.29 is 33.2 Å². The number of hydrogen-bond donors (Lipinski definition) is 0. The van der Waals surface area contributed by atoms with Gasteiger partial charge in [0.15, 0.2) is 17.7 Å². The Morgan fingerprint density at radius 2 is 1.81 bits per heavy atom. The minimum absolute atomic E-state index is 0.334. The minimum Gasteiger partial charge on any atom is -0.467 e. The molecule has 2 aliphatic heterocycles. The Morgan fingerprint density at radius 1 is 1.11 bits per heavy atom. The summed E-state index contributed by atoms with van der Waals surface area (Å²) >= 11 is 0. The zero-order valence-electron chi connectivity index (χ0n) is 16.5. The highest BCUT2D eigenvalue weighted by Crippen LogP contribution is 2.36. The molecule has 2 heterocycles. The van der Waals surface area contributed by atoms with Crippen molar-refractivity contribution in [3.05, 3.63) is 35.9 Å². The topological polar surface area (TPSA) is 72.5 Å². The molecule has 4 atom stereocenters. The van der Waals surface area contributed by atoms with E-state index in [-0.39, 0.29) is 0 Å². The van der Waals surface area contributed by atoms with Crippen LogP contribution in [0.1, 0.15) is 33.3 Å². The summed E-state index contributed by atoms with van der Waals surface area (Å²) in [6.07, 6.45) is -2.56. The van der Waals surface area contributed by atoms with E-state index in [0.717, 1.165) is 5.56 Å². The van der Waals surface area contributed by atoms with Gasteiger partial charge in [-0.3, -0.25) is 0 Å². The van der Waals surface area contributed by atoms with Crippen LogP contribution in [0.15, 0.2) is 30.3 Å². The zero-order valence-corrected chi connectivity index (χ0v) is 16.5. The minimum atomic E-state index is -0.938. The highest BCUT2D eigenvalue weighted by molar-refractivity contribution is 5.75. The van der Waals surface area contributed by atoms with Gasteiger partial charge in [-0.05, 0) is 33.3 Å². The molecule has 7 heteroatoms. The van der Waals surface area contributed by atoms with Gasteiger partial charge in [-0.25, -0.2) is 4.79 Å².